The molecule has 1 nitrogen and oxygen atoms in total. The second-order valence-corrected chi connectivity index (χ2v) is 6.62. The Bertz CT molecular complexity index is 568. The summed E-state index contributed by atoms with van der Waals surface area (Å²) in [5, 5.41) is 0. The first-order chi connectivity index (χ1) is 9.08. The molecule has 0 aromatic heterocycles. The topological polar surface area (TPSA) is 26.0 Å². The smallest absolute Gasteiger partial charge is 0.0393 e. The van der Waals surface area contributed by atoms with E-state index in [1.165, 1.54) is 21.6 Å². The van der Waals surface area contributed by atoms with Gasteiger partial charge in [0.15, 0.2) is 0 Å². The van der Waals surface area contributed by atoms with E-state index >= 15 is 0 Å². The van der Waals surface area contributed by atoms with Gasteiger partial charge in [-0.05, 0) is 53.0 Å². The van der Waals surface area contributed by atoms with Crippen molar-refractivity contribution in [3.63, 3.8) is 0 Å². The first-order valence-corrected chi connectivity index (χ1v) is 8.06. The van der Waals surface area contributed by atoms with Crippen LogP contribution in [0.3, 0.4) is 0 Å². The quantitative estimate of drug-likeness (QED) is 0.807. The number of halogens is 1. The zero-order valence-electron chi connectivity index (χ0n) is 11.2. The summed E-state index contributed by atoms with van der Waals surface area (Å²) in [6.45, 7) is 4.23. The van der Waals surface area contributed by atoms with E-state index in [9.17, 15) is 0 Å². The summed E-state index contributed by atoms with van der Waals surface area (Å²) in [4.78, 5) is 1.24. The minimum Gasteiger partial charge on any atom is -0.323 e. The van der Waals surface area contributed by atoms with Crippen molar-refractivity contribution in [2.45, 2.75) is 24.8 Å². The number of rotatable bonds is 4. The van der Waals surface area contributed by atoms with E-state index in [4.69, 9.17) is 5.73 Å². The van der Waals surface area contributed by atoms with Crippen molar-refractivity contribution in [3.8, 4) is 0 Å². The van der Waals surface area contributed by atoms with Gasteiger partial charge < -0.3 is 5.73 Å². The van der Waals surface area contributed by atoms with Crippen molar-refractivity contribution < 1.29 is 0 Å². The zero-order chi connectivity index (χ0) is 13.8. The molecular formula is C16H18BrNS. The molecule has 100 valence electrons. The summed E-state index contributed by atoms with van der Waals surface area (Å²) >= 11 is 5.36. The number of hydrogen-bond donors (Lipinski definition) is 1. The fourth-order valence-corrected chi connectivity index (χ4v) is 3.54. The van der Waals surface area contributed by atoms with Crippen molar-refractivity contribution >= 4 is 27.7 Å². The number of thioether (sulfide) groups is 1. The molecule has 0 saturated carbocycles. The van der Waals surface area contributed by atoms with E-state index < -0.39 is 0 Å². The van der Waals surface area contributed by atoms with Crippen LogP contribution in [0.15, 0.2) is 51.8 Å². The Kier molecular flexibility index (Phi) is 5.08. The highest BCUT2D eigenvalue weighted by atomic mass is 79.9. The maximum Gasteiger partial charge on any atom is 0.0393 e. The van der Waals surface area contributed by atoms with Crippen LogP contribution < -0.4 is 5.73 Å². The molecular weight excluding hydrogens is 318 g/mol. The Balaban J connectivity index is 2.07. The third-order valence-corrected chi connectivity index (χ3v) is 5.24. The normalized spacial score (nSPS) is 12.4. The Morgan fingerprint density at radius 1 is 1.16 bits per heavy atom. The van der Waals surface area contributed by atoms with Crippen molar-refractivity contribution in [1.82, 2.24) is 0 Å². The Morgan fingerprint density at radius 3 is 2.63 bits per heavy atom. The van der Waals surface area contributed by atoms with Crippen LogP contribution in [0.5, 0.6) is 0 Å². The lowest BCUT2D eigenvalue weighted by atomic mass is 10.0. The minimum absolute atomic E-state index is 0.0667. The molecule has 0 aliphatic rings. The maximum absolute atomic E-state index is 6.33. The van der Waals surface area contributed by atoms with E-state index in [0.717, 1.165) is 10.2 Å². The SMILES string of the molecule is Cc1ccc(C)c(C(N)CSc2ccccc2Br)c1. The lowest BCUT2D eigenvalue weighted by Crippen LogP contribution is -2.14. The molecule has 0 saturated heterocycles. The predicted molar refractivity (Wildman–Crippen MR) is 87.7 cm³/mol. The Morgan fingerprint density at radius 2 is 1.89 bits per heavy atom. The number of aryl methyl sites for hydroxylation is 2. The highest BCUT2D eigenvalue weighted by Gasteiger charge is 2.10. The predicted octanol–water partition coefficient (Wildman–Crippen LogP) is 4.86. The molecule has 0 fully saturated rings. The van der Waals surface area contributed by atoms with Crippen molar-refractivity contribution in [3.05, 3.63) is 63.6 Å². The summed E-state index contributed by atoms with van der Waals surface area (Å²) in [6, 6.07) is 14.8. The van der Waals surface area contributed by atoms with Gasteiger partial charge in [-0.2, -0.15) is 0 Å². The second kappa shape index (κ2) is 6.60. The van der Waals surface area contributed by atoms with Gasteiger partial charge in [0.05, 0.1) is 0 Å². The molecule has 1 unspecified atom stereocenters. The van der Waals surface area contributed by atoms with E-state index in [-0.39, 0.29) is 6.04 Å². The number of nitrogens with two attached hydrogens (primary N) is 1. The van der Waals surface area contributed by atoms with Crippen LogP contribution >= 0.6 is 27.7 Å². The zero-order valence-corrected chi connectivity index (χ0v) is 13.6. The summed E-state index contributed by atoms with van der Waals surface area (Å²) in [7, 11) is 0. The molecule has 2 N–H and O–H groups in total. The first-order valence-electron chi connectivity index (χ1n) is 6.28. The van der Waals surface area contributed by atoms with Crippen LogP contribution in [-0.4, -0.2) is 5.75 Å². The number of benzene rings is 2. The average Bonchev–Trinajstić information content (AvgIpc) is 2.40. The van der Waals surface area contributed by atoms with Gasteiger partial charge in [-0.1, -0.05) is 35.9 Å². The molecule has 19 heavy (non-hydrogen) atoms. The van der Waals surface area contributed by atoms with E-state index in [2.05, 4.69) is 66.2 Å². The van der Waals surface area contributed by atoms with E-state index in [0.29, 0.717) is 0 Å². The highest BCUT2D eigenvalue weighted by Crippen LogP contribution is 2.30. The van der Waals surface area contributed by atoms with Gasteiger partial charge in [-0.15, -0.1) is 11.8 Å². The molecule has 1 atom stereocenters. The summed E-state index contributed by atoms with van der Waals surface area (Å²) < 4.78 is 1.13. The molecule has 0 radical (unpaired) electrons. The molecule has 2 aromatic rings. The largest absolute Gasteiger partial charge is 0.323 e. The van der Waals surface area contributed by atoms with Gasteiger partial charge in [0.25, 0.3) is 0 Å². The molecule has 2 aromatic carbocycles. The van der Waals surface area contributed by atoms with E-state index in [1.807, 2.05) is 6.07 Å². The van der Waals surface area contributed by atoms with Gasteiger partial charge >= 0.3 is 0 Å². The first kappa shape index (κ1) is 14.6. The van der Waals surface area contributed by atoms with Crippen LogP contribution in [-0.2, 0) is 0 Å². The molecule has 0 amide bonds. The summed E-state index contributed by atoms with van der Waals surface area (Å²) in [6.07, 6.45) is 0. The Hall–Kier alpha value is -0.770. The van der Waals surface area contributed by atoms with Gasteiger partial charge in [0.2, 0.25) is 0 Å². The molecule has 2 rings (SSSR count). The van der Waals surface area contributed by atoms with Crippen LogP contribution in [0.2, 0.25) is 0 Å². The van der Waals surface area contributed by atoms with Crippen LogP contribution in [0.1, 0.15) is 22.7 Å². The Labute approximate surface area is 127 Å². The van der Waals surface area contributed by atoms with Crippen LogP contribution in [0.25, 0.3) is 0 Å². The molecule has 0 bridgehead atoms. The lowest BCUT2D eigenvalue weighted by Gasteiger charge is -2.15. The third-order valence-electron chi connectivity index (χ3n) is 3.09. The maximum atomic E-state index is 6.33. The lowest BCUT2D eigenvalue weighted by molar-refractivity contribution is 0.821. The van der Waals surface area contributed by atoms with Gasteiger partial charge in [0.1, 0.15) is 0 Å². The van der Waals surface area contributed by atoms with Gasteiger partial charge in [-0.25, -0.2) is 0 Å². The fraction of sp³-hybridized carbons (Fsp3) is 0.250. The molecule has 0 spiro atoms. The van der Waals surface area contributed by atoms with E-state index in [1.54, 1.807) is 11.8 Å². The minimum atomic E-state index is 0.0667. The highest BCUT2D eigenvalue weighted by molar-refractivity contribution is 9.10. The van der Waals surface area contributed by atoms with Crippen LogP contribution in [0, 0.1) is 13.8 Å². The summed E-state index contributed by atoms with van der Waals surface area (Å²) in [5.41, 5.74) is 10.1. The van der Waals surface area contributed by atoms with Gasteiger partial charge in [-0.3, -0.25) is 0 Å². The number of hydrogen-bond acceptors (Lipinski definition) is 2. The fourth-order valence-electron chi connectivity index (χ4n) is 1.99. The monoisotopic (exact) mass is 335 g/mol. The third kappa shape index (κ3) is 3.85. The summed E-state index contributed by atoms with van der Waals surface area (Å²) in [5.74, 6) is 0.882. The van der Waals surface area contributed by atoms with Gasteiger partial charge in [0, 0.05) is 21.2 Å². The molecule has 0 aliphatic heterocycles. The van der Waals surface area contributed by atoms with Crippen molar-refractivity contribution in [2.75, 3.05) is 5.75 Å². The van der Waals surface area contributed by atoms with Crippen molar-refractivity contribution in [2.24, 2.45) is 5.73 Å². The second-order valence-electron chi connectivity index (χ2n) is 4.71. The standard InChI is InChI=1S/C16H18BrNS/c1-11-7-8-12(2)13(9-11)15(18)10-19-16-6-4-3-5-14(16)17/h3-9,15H,10,18H2,1-2H3. The molecule has 0 heterocycles. The van der Waals surface area contributed by atoms with Crippen molar-refractivity contribution in [1.29, 1.82) is 0 Å². The molecule has 3 heteroatoms. The average molecular weight is 336 g/mol. The molecule has 0 aliphatic carbocycles. The van der Waals surface area contributed by atoms with Crippen LogP contribution in [0.4, 0.5) is 0 Å².